The zero-order valence-electron chi connectivity index (χ0n) is 14.1. The van der Waals surface area contributed by atoms with Crippen LogP contribution in [-0.2, 0) is 11.3 Å². The van der Waals surface area contributed by atoms with Crippen molar-refractivity contribution >= 4 is 6.09 Å². The van der Waals surface area contributed by atoms with Crippen molar-refractivity contribution in [3.63, 3.8) is 0 Å². The monoisotopic (exact) mass is 304 g/mol. The van der Waals surface area contributed by atoms with E-state index in [2.05, 4.69) is 41.4 Å². The van der Waals surface area contributed by atoms with Gasteiger partial charge in [-0.2, -0.15) is 0 Å². The highest BCUT2D eigenvalue weighted by molar-refractivity contribution is 5.68. The molecular formula is C18H28N2O2. The highest BCUT2D eigenvalue weighted by Gasteiger charge is 2.29. The summed E-state index contributed by atoms with van der Waals surface area (Å²) in [5, 5.41) is 3.04. The zero-order chi connectivity index (χ0) is 16.2. The number of carbonyl (C=O) groups is 1. The second-order valence-electron chi connectivity index (χ2n) is 7.24. The maximum absolute atomic E-state index is 12.0. The Morgan fingerprint density at radius 1 is 1.32 bits per heavy atom. The summed E-state index contributed by atoms with van der Waals surface area (Å²) in [5.41, 5.74) is 0.860. The topological polar surface area (TPSA) is 41.6 Å². The molecule has 2 rings (SSSR count). The van der Waals surface area contributed by atoms with Crippen LogP contribution < -0.4 is 5.32 Å². The summed E-state index contributed by atoms with van der Waals surface area (Å²) in [7, 11) is 0. The van der Waals surface area contributed by atoms with E-state index in [1.54, 1.807) is 0 Å². The molecule has 0 aliphatic carbocycles. The third-order valence-electron chi connectivity index (χ3n) is 3.99. The van der Waals surface area contributed by atoms with E-state index in [-0.39, 0.29) is 12.1 Å². The molecule has 4 heteroatoms. The van der Waals surface area contributed by atoms with Crippen molar-refractivity contribution in [2.45, 2.75) is 52.3 Å². The van der Waals surface area contributed by atoms with Crippen LogP contribution in [0.4, 0.5) is 4.79 Å². The molecule has 1 aliphatic heterocycles. The van der Waals surface area contributed by atoms with E-state index in [9.17, 15) is 4.79 Å². The van der Waals surface area contributed by atoms with Gasteiger partial charge in [-0.05, 0) is 45.2 Å². The van der Waals surface area contributed by atoms with Crippen LogP contribution in [0.15, 0.2) is 30.3 Å². The van der Waals surface area contributed by atoms with Gasteiger partial charge in [0.2, 0.25) is 0 Å². The number of benzene rings is 1. The van der Waals surface area contributed by atoms with Gasteiger partial charge < -0.3 is 10.1 Å². The minimum Gasteiger partial charge on any atom is -0.444 e. The van der Waals surface area contributed by atoms with Gasteiger partial charge in [-0.1, -0.05) is 37.3 Å². The number of rotatable bonds is 3. The van der Waals surface area contributed by atoms with Gasteiger partial charge in [-0.25, -0.2) is 4.79 Å². The molecule has 22 heavy (non-hydrogen) atoms. The molecule has 0 aromatic heterocycles. The van der Waals surface area contributed by atoms with Crippen LogP contribution in [-0.4, -0.2) is 35.7 Å². The lowest BCUT2D eigenvalue weighted by Crippen LogP contribution is -2.52. The first kappa shape index (κ1) is 16.8. The lowest BCUT2D eigenvalue weighted by Gasteiger charge is -2.37. The second-order valence-corrected chi connectivity index (χ2v) is 7.24. The summed E-state index contributed by atoms with van der Waals surface area (Å²) in [6.07, 6.45) is 0.777. The van der Waals surface area contributed by atoms with Gasteiger partial charge in [0.1, 0.15) is 5.60 Å². The Hall–Kier alpha value is -1.55. The second kappa shape index (κ2) is 7.14. The number of carbonyl (C=O) groups excluding carboxylic acids is 1. The number of alkyl carbamates (subject to hydrolysis) is 1. The van der Waals surface area contributed by atoms with Crippen molar-refractivity contribution in [1.82, 2.24) is 10.2 Å². The minimum atomic E-state index is -0.453. The molecule has 1 aromatic rings. The molecule has 122 valence electrons. The average molecular weight is 304 g/mol. The molecule has 1 heterocycles. The number of ether oxygens (including phenoxy) is 1. The molecule has 1 aromatic carbocycles. The van der Waals surface area contributed by atoms with Crippen molar-refractivity contribution in [2.75, 3.05) is 13.1 Å². The zero-order valence-corrected chi connectivity index (χ0v) is 14.1. The summed E-state index contributed by atoms with van der Waals surface area (Å²) in [5.74, 6) is 0.472. The molecule has 1 saturated heterocycles. The van der Waals surface area contributed by atoms with Crippen LogP contribution in [0.1, 0.15) is 39.7 Å². The van der Waals surface area contributed by atoms with Crippen LogP contribution in [0, 0.1) is 5.92 Å². The van der Waals surface area contributed by atoms with Gasteiger partial charge in [0.15, 0.2) is 0 Å². The molecule has 0 bridgehead atoms. The summed E-state index contributed by atoms with van der Waals surface area (Å²) in [4.78, 5) is 14.4. The summed E-state index contributed by atoms with van der Waals surface area (Å²) >= 11 is 0. The van der Waals surface area contributed by atoms with Gasteiger partial charge in [-0.3, -0.25) is 4.90 Å². The third-order valence-corrected chi connectivity index (χ3v) is 3.99. The highest BCUT2D eigenvalue weighted by Crippen LogP contribution is 2.19. The Kier molecular flexibility index (Phi) is 5.46. The van der Waals surface area contributed by atoms with Gasteiger partial charge in [-0.15, -0.1) is 0 Å². The fraction of sp³-hybridized carbons (Fsp3) is 0.611. The van der Waals surface area contributed by atoms with E-state index in [4.69, 9.17) is 4.74 Å². The van der Waals surface area contributed by atoms with Crippen molar-refractivity contribution in [1.29, 1.82) is 0 Å². The Balaban J connectivity index is 1.89. The van der Waals surface area contributed by atoms with Gasteiger partial charge >= 0.3 is 6.09 Å². The number of amides is 1. The van der Waals surface area contributed by atoms with Gasteiger partial charge in [0.05, 0.1) is 0 Å². The largest absolute Gasteiger partial charge is 0.444 e. The molecular weight excluding hydrogens is 276 g/mol. The lowest BCUT2D eigenvalue weighted by molar-refractivity contribution is 0.0433. The maximum atomic E-state index is 12.0. The maximum Gasteiger partial charge on any atom is 0.407 e. The van der Waals surface area contributed by atoms with Crippen molar-refractivity contribution in [2.24, 2.45) is 5.92 Å². The number of likely N-dealkylation sites (tertiary alicyclic amines) is 1. The quantitative estimate of drug-likeness (QED) is 0.930. The van der Waals surface area contributed by atoms with Gasteiger partial charge in [0, 0.05) is 19.1 Å². The van der Waals surface area contributed by atoms with E-state index in [1.807, 2.05) is 26.8 Å². The van der Waals surface area contributed by atoms with E-state index >= 15 is 0 Å². The van der Waals surface area contributed by atoms with Crippen LogP contribution >= 0.6 is 0 Å². The minimum absolute atomic E-state index is 0.146. The molecule has 2 atom stereocenters. The first-order chi connectivity index (χ1) is 10.3. The van der Waals surface area contributed by atoms with Crippen LogP contribution in [0.3, 0.4) is 0 Å². The van der Waals surface area contributed by atoms with Crippen molar-refractivity contribution in [3.05, 3.63) is 35.9 Å². The van der Waals surface area contributed by atoms with E-state index < -0.39 is 5.60 Å². The first-order valence-corrected chi connectivity index (χ1v) is 8.09. The van der Waals surface area contributed by atoms with Crippen molar-refractivity contribution in [3.8, 4) is 0 Å². The highest BCUT2D eigenvalue weighted by atomic mass is 16.6. The smallest absolute Gasteiger partial charge is 0.407 e. The molecule has 0 unspecified atom stereocenters. The summed E-state index contributed by atoms with van der Waals surface area (Å²) in [6, 6.07) is 10.6. The molecule has 4 nitrogen and oxygen atoms in total. The third kappa shape index (κ3) is 5.34. The van der Waals surface area contributed by atoms with Crippen LogP contribution in [0.25, 0.3) is 0 Å². The lowest BCUT2D eigenvalue weighted by atomic mass is 9.93. The van der Waals surface area contributed by atoms with Crippen molar-refractivity contribution < 1.29 is 9.53 Å². The molecule has 1 fully saturated rings. The first-order valence-electron chi connectivity index (χ1n) is 8.09. The molecule has 1 amide bonds. The van der Waals surface area contributed by atoms with Crippen LogP contribution in [0.5, 0.6) is 0 Å². The molecule has 1 aliphatic rings. The summed E-state index contributed by atoms with van der Waals surface area (Å²) in [6.45, 7) is 10.7. The Morgan fingerprint density at radius 3 is 2.64 bits per heavy atom. The number of hydrogen-bond donors (Lipinski definition) is 1. The molecule has 0 radical (unpaired) electrons. The summed E-state index contributed by atoms with van der Waals surface area (Å²) < 4.78 is 5.37. The number of nitrogens with zero attached hydrogens (tertiary/aromatic N) is 1. The Morgan fingerprint density at radius 2 is 2.00 bits per heavy atom. The Labute approximate surface area is 133 Å². The fourth-order valence-electron chi connectivity index (χ4n) is 2.77. The predicted molar refractivity (Wildman–Crippen MR) is 88.7 cm³/mol. The van der Waals surface area contributed by atoms with E-state index in [0.717, 1.165) is 26.1 Å². The fourth-order valence-corrected chi connectivity index (χ4v) is 2.77. The molecule has 0 saturated carbocycles. The Bertz CT molecular complexity index is 482. The van der Waals surface area contributed by atoms with E-state index in [1.165, 1.54) is 5.56 Å². The van der Waals surface area contributed by atoms with Gasteiger partial charge in [0.25, 0.3) is 0 Å². The molecule has 1 N–H and O–H groups in total. The number of hydrogen-bond acceptors (Lipinski definition) is 3. The molecule has 0 spiro atoms. The average Bonchev–Trinajstić information content (AvgIpc) is 2.41. The standard InChI is InChI=1S/C18H28N2O2/c1-14-10-11-20(12-15-8-6-5-7-9-15)13-16(14)19-17(21)22-18(2,3)4/h5-9,14,16H,10-13H2,1-4H3,(H,19,21)/t14-,16+/m0/s1. The van der Waals surface area contributed by atoms with E-state index in [0.29, 0.717) is 5.92 Å². The van der Waals surface area contributed by atoms with Crippen LogP contribution in [0.2, 0.25) is 0 Å². The normalized spacial score (nSPS) is 23.1. The predicted octanol–water partition coefficient (Wildman–Crippen LogP) is 3.42. The SMILES string of the molecule is C[C@H]1CCN(Cc2ccccc2)C[C@H]1NC(=O)OC(C)(C)C. The number of piperidine rings is 1. The number of nitrogens with one attached hydrogen (secondary N) is 1.